The smallest absolute Gasteiger partial charge is 0.236 e. The molecule has 0 amide bonds. The van der Waals surface area contributed by atoms with Crippen molar-refractivity contribution in [1.82, 2.24) is 19.3 Å². The van der Waals surface area contributed by atoms with E-state index in [0.29, 0.717) is 13.1 Å². The maximum absolute atomic E-state index is 12.4. The van der Waals surface area contributed by atoms with Crippen LogP contribution in [0.25, 0.3) is 6.08 Å². The molecule has 1 fully saturated rings. The van der Waals surface area contributed by atoms with E-state index in [1.165, 1.54) is 9.71 Å². The Morgan fingerprint density at radius 3 is 2.73 bits per heavy atom. The lowest BCUT2D eigenvalue weighted by atomic mass is 10.2. The van der Waals surface area contributed by atoms with Crippen molar-refractivity contribution < 1.29 is 8.42 Å². The molecule has 0 aliphatic carbocycles. The molecule has 0 N–H and O–H groups in total. The summed E-state index contributed by atoms with van der Waals surface area (Å²) in [6.45, 7) is 2.94. The van der Waals surface area contributed by atoms with Crippen LogP contribution in [0.15, 0.2) is 42.1 Å². The topological polar surface area (TPSA) is 68.1 Å². The van der Waals surface area contributed by atoms with Crippen LogP contribution in [0.5, 0.6) is 0 Å². The molecule has 0 spiro atoms. The van der Waals surface area contributed by atoms with Gasteiger partial charge in [-0.15, -0.1) is 5.10 Å². The summed E-state index contributed by atoms with van der Waals surface area (Å²) in [6, 6.07) is 7.80. The fourth-order valence-electron chi connectivity index (χ4n) is 2.50. The van der Waals surface area contributed by atoms with Crippen LogP contribution >= 0.6 is 0 Å². The molecule has 1 aromatic heterocycles. The first-order chi connectivity index (χ1) is 10.5. The first kappa shape index (κ1) is 14.9. The first-order valence-corrected chi connectivity index (χ1v) is 8.66. The van der Waals surface area contributed by atoms with Crippen LogP contribution in [0.1, 0.15) is 23.6 Å². The van der Waals surface area contributed by atoms with Crippen LogP contribution in [-0.4, -0.2) is 40.8 Å². The number of aryl methyl sites for hydroxylation is 1. The average molecular weight is 318 g/mol. The molecular weight excluding hydrogens is 300 g/mol. The minimum Gasteiger partial charge on any atom is -0.248 e. The maximum atomic E-state index is 12.4. The third kappa shape index (κ3) is 3.26. The van der Waals surface area contributed by atoms with E-state index in [1.807, 2.05) is 31.2 Å². The molecule has 1 atom stereocenters. The summed E-state index contributed by atoms with van der Waals surface area (Å²) in [5.74, 6) is 0. The zero-order valence-corrected chi connectivity index (χ0v) is 13.1. The second kappa shape index (κ2) is 6.02. The molecule has 22 heavy (non-hydrogen) atoms. The summed E-state index contributed by atoms with van der Waals surface area (Å²) in [5, 5.41) is 8.99. The molecule has 0 saturated carbocycles. The Morgan fingerprint density at radius 1 is 1.27 bits per heavy atom. The second-order valence-corrected chi connectivity index (χ2v) is 7.26. The van der Waals surface area contributed by atoms with E-state index in [-0.39, 0.29) is 6.04 Å². The minimum absolute atomic E-state index is 0.0602. The van der Waals surface area contributed by atoms with Crippen LogP contribution in [0.2, 0.25) is 0 Å². The number of nitrogens with zero attached hydrogens (tertiary/aromatic N) is 4. The van der Waals surface area contributed by atoms with Gasteiger partial charge in [-0.3, -0.25) is 0 Å². The Labute approximate surface area is 130 Å². The predicted molar refractivity (Wildman–Crippen MR) is 84.4 cm³/mol. The van der Waals surface area contributed by atoms with Gasteiger partial charge < -0.3 is 0 Å². The fourth-order valence-corrected chi connectivity index (χ4v) is 3.74. The van der Waals surface area contributed by atoms with Gasteiger partial charge in [-0.25, -0.2) is 13.1 Å². The summed E-state index contributed by atoms with van der Waals surface area (Å²) in [7, 11) is -3.40. The van der Waals surface area contributed by atoms with Gasteiger partial charge in [0.25, 0.3) is 0 Å². The third-order valence-electron chi connectivity index (χ3n) is 3.81. The Balaban J connectivity index is 1.70. The standard InChI is InChI=1S/C15H18N4O2S/c1-13-2-4-14(5-3-13)7-11-22(20,21)18-9-6-15(12-18)19-10-8-16-17-19/h2-5,7-8,10-11,15H,6,9,12H2,1H3/b11-7+. The van der Waals surface area contributed by atoms with Gasteiger partial charge in [-0.1, -0.05) is 35.0 Å². The molecule has 2 heterocycles. The van der Waals surface area contributed by atoms with Crippen molar-refractivity contribution in [3.05, 3.63) is 53.2 Å². The van der Waals surface area contributed by atoms with Crippen molar-refractivity contribution in [2.45, 2.75) is 19.4 Å². The Morgan fingerprint density at radius 2 is 2.05 bits per heavy atom. The molecule has 0 radical (unpaired) electrons. The number of sulfonamides is 1. The van der Waals surface area contributed by atoms with E-state index in [9.17, 15) is 8.42 Å². The van der Waals surface area contributed by atoms with Crippen LogP contribution in [0.3, 0.4) is 0 Å². The van der Waals surface area contributed by atoms with Crippen molar-refractivity contribution in [3.8, 4) is 0 Å². The fraction of sp³-hybridized carbons (Fsp3) is 0.333. The molecule has 1 unspecified atom stereocenters. The zero-order chi connectivity index (χ0) is 15.6. The lowest BCUT2D eigenvalue weighted by molar-refractivity contribution is 0.432. The quantitative estimate of drug-likeness (QED) is 0.862. The van der Waals surface area contributed by atoms with Crippen molar-refractivity contribution in [3.63, 3.8) is 0 Å². The molecule has 1 saturated heterocycles. The Hall–Kier alpha value is -1.99. The number of hydrogen-bond donors (Lipinski definition) is 0. The monoisotopic (exact) mass is 318 g/mol. The average Bonchev–Trinajstić information content (AvgIpc) is 3.18. The van der Waals surface area contributed by atoms with E-state index < -0.39 is 10.0 Å². The highest BCUT2D eigenvalue weighted by molar-refractivity contribution is 7.92. The highest BCUT2D eigenvalue weighted by atomic mass is 32.2. The molecule has 2 aromatic rings. The van der Waals surface area contributed by atoms with E-state index in [2.05, 4.69) is 10.3 Å². The molecule has 1 aliphatic rings. The molecule has 1 aliphatic heterocycles. The highest BCUT2D eigenvalue weighted by Crippen LogP contribution is 2.23. The summed E-state index contributed by atoms with van der Waals surface area (Å²) in [4.78, 5) is 0. The predicted octanol–water partition coefficient (Wildman–Crippen LogP) is 1.83. The van der Waals surface area contributed by atoms with Gasteiger partial charge in [0.05, 0.1) is 12.2 Å². The van der Waals surface area contributed by atoms with E-state index >= 15 is 0 Å². The zero-order valence-electron chi connectivity index (χ0n) is 12.3. The number of aromatic nitrogens is 3. The third-order valence-corrected chi connectivity index (χ3v) is 5.34. The second-order valence-electron chi connectivity index (χ2n) is 5.44. The van der Waals surface area contributed by atoms with Crippen LogP contribution < -0.4 is 0 Å². The van der Waals surface area contributed by atoms with Crippen LogP contribution in [0.4, 0.5) is 0 Å². The van der Waals surface area contributed by atoms with Gasteiger partial charge in [0, 0.05) is 24.7 Å². The summed E-state index contributed by atoms with van der Waals surface area (Å²) >= 11 is 0. The van der Waals surface area contributed by atoms with Crippen molar-refractivity contribution in [2.75, 3.05) is 13.1 Å². The summed E-state index contributed by atoms with van der Waals surface area (Å²) in [6.07, 6.45) is 5.76. The van der Waals surface area contributed by atoms with Gasteiger partial charge in [0.1, 0.15) is 0 Å². The van der Waals surface area contributed by atoms with E-state index in [0.717, 1.165) is 17.5 Å². The number of rotatable bonds is 4. The van der Waals surface area contributed by atoms with Crippen LogP contribution in [0, 0.1) is 6.92 Å². The summed E-state index contributed by atoms with van der Waals surface area (Å²) in [5.41, 5.74) is 2.02. The minimum atomic E-state index is -3.40. The molecular formula is C15H18N4O2S. The highest BCUT2D eigenvalue weighted by Gasteiger charge is 2.31. The van der Waals surface area contributed by atoms with Gasteiger partial charge >= 0.3 is 0 Å². The van der Waals surface area contributed by atoms with Gasteiger partial charge in [0.15, 0.2) is 0 Å². The van der Waals surface area contributed by atoms with E-state index in [4.69, 9.17) is 0 Å². The Kier molecular flexibility index (Phi) is 4.08. The SMILES string of the molecule is Cc1ccc(/C=C/S(=O)(=O)N2CCC(n3ccnn3)C2)cc1. The Bertz CT molecular complexity index is 751. The van der Waals surface area contributed by atoms with Crippen molar-refractivity contribution >= 4 is 16.1 Å². The van der Waals surface area contributed by atoms with Gasteiger partial charge in [-0.2, -0.15) is 4.31 Å². The normalized spacial score (nSPS) is 20.0. The van der Waals surface area contributed by atoms with Crippen molar-refractivity contribution in [2.24, 2.45) is 0 Å². The number of benzene rings is 1. The van der Waals surface area contributed by atoms with Gasteiger partial charge in [-0.05, 0) is 25.0 Å². The molecule has 3 rings (SSSR count). The molecule has 1 aromatic carbocycles. The van der Waals surface area contributed by atoms with Gasteiger partial charge in [0.2, 0.25) is 10.0 Å². The largest absolute Gasteiger partial charge is 0.248 e. The summed E-state index contributed by atoms with van der Waals surface area (Å²) < 4.78 is 28.0. The lowest BCUT2D eigenvalue weighted by Gasteiger charge is -2.13. The molecule has 7 heteroatoms. The van der Waals surface area contributed by atoms with Crippen LogP contribution in [-0.2, 0) is 10.0 Å². The maximum Gasteiger partial charge on any atom is 0.236 e. The molecule has 6 nitrogen and oxygen atoms in total. The molecule has 0 bridgehead atoms. The number of hydrogen-bond acceptors (Lipinski definition) is 4. The first-order valence-electron chi connectivity index (χ1n) is 7.15. The lowest BCUT2D eigenvalue weighted by Crippen LogP contribution is -2.27. The molecule has 116 valence electrons. The van der Waals surface area contributed by atoms with Crippen molar-refractivity contribution in [1.29, 1.82) is 0 Å². The van der Waals surface area contributed by atoms with E-state index in [1.54, 1.807) is 23.2 Å².